The normalized spacial score (nSPS) is 15.0. The number of nitrogens with zero attached hydrogens (tertiary/aromatic N) is 1. The first-order valence-electron chi connectivity index (χ1n) is 8.64. The number of hydrogen-bond acceptors (Lipinski definition) is 5. The van der Waals surface area contributed by atoms with E-state index in [1.165, 1.54) is 10.4 Å². The van der Waals surface area contributed by atoms with Crippen LogP contribution < -0.4 is 11.1 Å². The number of sulfonamides is 1. The van der Waals surface area contributed by atoms with Gasteiger partial charge in [0.15, 0.2) is 0 Å². The largest absolute Gasteiger partial charge is 0.366 e. The third kappa shape index (κ3) is 4.37. The van der Waals surface area contributed by atoms with Gasteiger partial charge >= 0.3 is 0 Å². The molecule has 2 heterocycles. The van der Waals surface area contributed by atoms with Gasteiger partial charge in [0, 0.05) is 25.2 Å². The van der Waals surface area contributed by atoms with Crippen molar-refractivity contribution in [3.8, 4) is 0 Å². The van der Waals surface area contributed by atoms with Crippen molar-refractivity contribution in [3.63, 3.8) is 0 Å². The fourth-order valence-corrected chi connectivity index (χ4v) is 5.85. The van der Waals surface area contributed by atoms with Crippen LogP contribution >= 0.6 is 11.3 Å². The Kier molecular flexibility index (Phi) is 5.93. The van der Waals surface area contributed by atoms with Gasteiger partial charge in [-0.3, -0.25) is 9.59 Å². The van der Waals surface area contributed by atoms with Gasteiger partial charge in [-0.05, 0) is 48.4 Å². The molecule has 27 heavy (non-hydrogen) atoms. The molecular formula is C18H21N3O4S2. The molecule has 1 aromatic carbocycles. The van der Waals surface area contributed by atoms with Crippen molar-refractivity contribution in [3.05, 3.63) is 51.7 Å². The zero-order valence-corrected chi connectivity index (χ0v) is 16.3. The molecule has 9 heteroatoms. The van der Waals surface area contributed by atoms with E-state index in [2.05, 4.69) is 5.32 Å². The molecule has 0 aliphatic carbocycles. The van der Waals surface area contributed by atoms with Crippen LogP contribution in [0.4, 0.5) is 0 Å². The Balaban J connectivity index is 1.65. The highest BCUT2D eigenvalue weighted by Crippen LogP contribution is 2.27. The Morgan fingerprint density at radius 1 is 1.19 bits per heavy atom. The van der Waals surface area contributed by atoms with Crippen molar-refractivity contribution in [2.75, 3.05) is 19.6 Å². The maximum Gasteiger partial charge on any atom is 0.262 e. The first kappa shape index (κ1) is 19.5. The molecule has 2 aromatic rings. The van der Waals surface area contributed by atoms with Crippen LogP contribution in [0.15, 0.2) is 40.6 Å². The Bertz CT molecular complexity index is 947. The predicted molar refractivity (Wildman–Crippen MR) is 103 cm³/mol. The highest BCUT2D eigenvalue weighted by molar-refractivity contribution is 7.89. The molecule has 1 saturated heterocycles. The van der Waals surface area contributed by atoms with E-state index in [9.17, 15) is 18.0 Å². The van der Waals surface area contributed by atoms with Crippen molar-refractivity contribution in [2.45, 2.75) is 24.2 Å². The summed E-state index contributed by atoms with van der Waals surface area (Å²) in [5.41, 5.74) is 6.54. The third-order valence-electron chi connectivity index (χ3n) is 4.43. The van der Waals surface area contributed by atoms with Crippen LogP contribution in [0.1, 0.15) is 38.4 Å². The quantitative estimate of drug-likeness (QED) is 0.726. The van der Waals surface area contributed by atoms with Crippen molar-refractivity contribution in [1.29, 1.82) is 0 Å². The Morgan fingerprint density at radius 2 is 1.93 bits per heavy atom. The van der Waals surface area contributed by atoms with Gasteiger partial charge in [0.2, 0.25) is 15.9 Å². The first-order chi connectivity index (χ1) is 12.9. The second kappa shape index (κ2) is 8.20. The zero-order chi connectivity index (χ0) is 19.4. The zero-order valence-electron chi connectivity index (χ0n) is 14.7. The lowest BCUT2D eigenvalue weighted by atomic mass is 10.1. The fourth-order valence-electron chi connectivity index (χ4n) is 3.01. The van der Waals surface area contributed by atoms with Gasteiger partial charge in [-0.25, -0.2) is 8.42 Å². The van der Waals surface area contributed by atoms with Crippen LogP contribution in [0.3, 0.4) is 0 Å². The third-order valence-corrected chi connectivity index (χ3v) is 7.41. The van der Waals surface area contributed by atoms with Crippen LogP contribution in [-0.2, 0) is 16.4 Å². The van der Waals surface area contributed by atoms with E-state index in [-0.39, 0.29) is 9.77 Å². The summed E-state index contributed by atoms with van der Waals surface area (Å²) in [6.45, 7) is 1.31. The number of hydrogen-bond donors (Lipinski definition) is 2. The van der Waals surface area contributed by atoms with E-state index >= 15 is 0 Å². The number of primary amides is 1. The van der Waals surface area contributed by atoms with Crippen molar-refractivity contribution >= 4 is 33.2 Å². The van der Waals surface area contributed by atoms with Gasteiger partial charge in [0.25, 0.3) is 5.91 Å². The van der Waals surface area contributed by atoms with E-state index in [1.807, 2.05) is 6.07 Å². The minimum absolute atomic E-state index is 0.0719. The maximum absolute atomic E-state index is 12.7. The summed E-state index contributed by atoms with van der Waals surface area (Å²) in [6, 6.07) is 8.38. The SMILES string of the molecule is NC(=O)c1cccc(CCNC(=O)c2sccc2S(=O)(=O)N2CCCC2)c1. The Morgan fingerprint density at radius 3 is 2.63 bits per heavy atom. The highest BCUT2D eigenvalue weighted by Gasteiger charge is 2.31. The number of carbonyl (C=O) groups is 2. The molecule has 1 aliphatic rings. The molecule has 7 nitrogen and oxygen atoms in total. The van der Waals surface area contributed by atoms with E-state index < -0.39 is 21.8 Å². The van der Waals surface area contributed by atoms with Gasteiger partial charge in [-0.2, -0.15) is 4.31 Å². The summed E-state index contributed by atoms with van der Waals surface area (Å²) in [4.78, 5) is 24.0. The van der Waals surface area contributed by atoms with Crippen LogP contribution in [0, 0.1) is 0 Å². The minimum Gasteiger partial charge on any atom is -0.366 e. The van der Waals surface area contributed by atoms with Crippen LogP contribution in [-0.4, -0.2) is 44.2 Å². The van der Waals surface area contributed by atoms with Crippen molar-refractivity contribution in [1.82, 2.24) is 9.62 Å². The Hall–Kier alpha value is -2.23. The van der Waals surface area contributed by atoms with E-state index in [1.54, 1.807) is 23.6 Å². The van der Waals surface area contributed by atoms with Crippen molar-refractivity contribution in [2.24, 2.45) is 5.73 Å². The highest BCUT2D eigenvalue weighted by atomic mass is 32.2. The smallest absolute Gasteiger partial charge is 0.262 e. The lowest BCUT2D eigenvalue weighted by molar-refractivity contribution is 0.0953. The summed E-state index contributed by atoms with van der Waals surface area (Å²) < 4.78 is 26.9. The standard InChI is InChI=1S/C18H21N3O4S2/c19-17(22)14-5-3-4-13(12-14)6-8-20-18(23)16-15(7-11-26-16)27(24,25)21-9-1-2-10-21/h3-5,7,11-12H,1-2,6,8-10H2,(H2,19,22)(H,20,23). The van der Waals surface area contributed by atoms with Crippen LogP contribution in [0.5, 0.6) is 0 Å². The number of amides is 2. The first-order valence-corrected chi connectivity index (χ1v) is 11.0. The molecule has 2 amide bonds. The molecular weight excluding hydrogens is 386 g/mol. The Labute approximate surface area is 162 Å². The summed E-state index contributed by atoms with van der Waals surface area (Å²) in [5, 5.41) is 4.38. The van der Waals surface area contributed by atoms with Crippen LogP contribution in [0.25, 0.3) is 0 Å². The maximum atomic E-state index is 12.7. The number of thiophene rings is 1. The number of nitrogens with two attached hydrogens (primary N) is 1. The molecule has 1 fully saturated rings. The summed E-state index contributed by atoms with van der Waals surface area (Å²) in [6.07, 6.45) is 2.19. The molecule has 3 N–H and O–H groups in total. The second-order valence-electron chi connectivity index (χ2n) is 6.30. The number of benzene rings is 1. The lowest BCUT2D eigenvalue weighted by Crippen LogP contribution is -2.31. The molecule has 0 radical (unpaired) electrons. The molecule has 1 aliphatic heterocycles. The van der Waals surface area contributed by atoms with E-state index in [0.29, 0.717) is 31.6 Å². The fraction of sp³-hybridized carbons (Fsp3) is 0.333. The number of carbonyl (C=O) groups excluding carboxylic acids is 2. The van der Waals surface area contributed by atoms with Gasteiger partial charge in [-0.1, -0.05) is 12.1 Å². The minimum atomic E-state index is -3.63. The molecule has 0 spiro atoms. The average molecular weight is 408 g/mol. The molecule has 0 saturated carbocycles. The average Bonchev–Trinajstić information content (AvgIpc) is 3.34. The molecule has 0 bridgehead atoms. The molecule has 1 aromatic heterocycles. The molecule has 0 unspecified atom stereocenters. The van der Waals surface area contributed by atoms with Crippen LogP contribution in [0.2, 0.25) is 0 Å². The monoisotopic (exact) mass is 407 g/mol. The van der Waals surface area contributed by atoms with E-state index in [4.69, 9.17) is 5.73 Å². The molecule has 3 rings (SSSR count). The lowest BCUT2D eigenvalue weighted by Gasteiger charge is -2.15. The van der Waals surface area contributed by atoms with E-state index in [0.717, 1.165) is 29.7 Å². The van der Waals surface area contributed by atoms with Crippen molar-refractivity contribution < 1.29 is 18.0 Å². The summed E-state index contributed by atoms with van der Waals surface area (Å²) >= 11 is 1.12. The second-order valence-corrected chi connectivity index (χ2v) is 9.12. The predicted octanol–water partition coefficient (Wildman–Crippen LogP) is 1.60. The summed E-state index contributed by atoms with van der Waals surface area (Å²) in [5.74, 6) is -0.912. The topological polar surface area (TPSA) is 110 Å². The number of nitrogens with one attached hydrogen (secondary N) is 1. The molecule has 0 atom stereocenters. The van der Waals surface area contributed by atoms with Gasteiger partial charge in [0.1, 0.15) is 9.77 Å². The number of rotatable bonds is 7. The van der Waals surface area contributed by atoms with Gasteiger partial charge < -0.3 is 11.1 Å². The van der Waals surface area contributed by atoms with Gasteiger partial charge in [0.05, 0.1) is 0 Å². The molecule has 144 valence electrons. The summed E-state index contributed by atoms with van der Waals surface area (Å²) in [7, 11) is -3.63. The van der Waals surface area contributed by atoms with Gasteiger partial charge in [-0.15, -0.1) is 11.3 Å².